The third kappa shape index (κ3) is 3.48. The van der Waals surface area contributed by atoms with Gasteiger partial charge in [0.15, 0.2) is 0 Å². The summed E-state index contributed by atoms with van der Waals surface area (Å²) >= 11 is 0. The van der Waals surface area contributed by atoms with Crippen molar-refractivity contribution in [3.8, 4) is 0 Å². The molecule has 2 amide bonds. The smallest absolute Gasteiger partial charge is 0.415 e. The number of aromatic nitrogens is 2. The van der Waals surface area contributed by atoms with E-state index in [4.69, 9.17) is 9.47 Å². The zero-order valence-corrected chi connectivity index (χ0v) is 14.0. The minimum absolute atomic E-state index is 0.0234. The molecule has 1 aromatic heterocycles. The van der Waals surface area contributed by atoms with Gasteiger partial charge in [-0.1, -0.05) is 0 Å². The number of cyclic esters (lactones) is 1. The summed E-state index contributed by atoms with van der Waals surface area (Å²) in [6.45, 7) is 4.23. The zero-order valence-electron chi connectivity index (χ0n) is 14.0. The predicted molar refractivity (Wildman–Crippen MR) is 85.9 cm³/mol. The molecular formula is C16H22N4O4. The molecule has 0 spiro atoms. The molecule has 3 rings (SSSR count). The maximum atomic E-state index is 11.9. The first-order chi connectivity index (χ1) is 11.6. The van der Waals surface area contributed by atoms with Crippen LogP contribution in [0.2, 0.25) is 0 Å². The molecule has 0 radical (unpaired) electrons. The number of carbonyl (C=O) groups is 2. The summed E-state index contributed by atoms with van der Waals surface area (Å²) in [5, 5.41) is 0. The Morgan fingerprint density at radius 2 is 2.08 bits per heavy atom. The first-order valence-electron chi connectivity index (χ1n) is 8.15. The van der Waals surface area contributed by atoms with Crippen LogP contribution in [0.4, 0.5) is 10.6 Å². The molecule has 3 heterocycles. The van der Waals surface area contributed by atoms with E-state index in [1.165, 1.54) is 12.0 Å². The Morgan fingerprint density at radius 1 is 1.33 bits per heavy atom. The van der Waals surface area contributed by atoms with Gasteiger partial charge >= 0.3 is 6.09 Å². The highest BCUT2D eigenvalue weighted by Gasteiger charge is 2.28. The number of likely N-dealkylation sites (tertiary alicyclic amines) is 1. The molecule has 1 aromatic rings. The van der Waals surface area contributed by atoms with Crippen molar-refractivity contribution < 1.29 is 19.1 Å². The van der Waals surface area contributed by atoms with Gasteiger partial charge in [0.25, 0.3) is 0 Å². The monoisotopic (exact) mass is 334 g/mol. The summed E-state index contributed by atoms with van der Waals surface area (Å²) < 4.78 is 9.88. The van der Waals surface area contributed by atoms with Crippen LogP contribution in [0.3, 0.4) is 0 Å². The second kappa shape index (κ2) is 7.12. The number of nitrogens with zero attached hydrogens (tertiary/aromatic N) is 4. The molecule has 0 unspecified atom stereocenters. The quantitative estimate of drug-likeness (QED) is 0.819. The van der Waals surface area contributed by atoms with E-state index in [9.17, 15) is 9.59 Å². The number of ether oxygens (including phenoxy) is 2. The third-order valence-corrected chi connectivity index (χ3v) is 4.42. The van der Waals surface area contributed by atoms with E-state index in [1.54, 1.807) is 0 Å². The number of hydrogen-bond donors (Lipinski definition) is 0. The molecule has 0 bridgehead atoms. The SMILES string of the molecule is COCC(=O)N1CCC(c2cc(N3CCOC3=O)nc(C)n2)CC1. The summed E-state index contributed by atoms with van der Waals surface area (Å²) in [7, 11) is 1.53. The number of carbonyl (C=O) groups excluding carboxylic acids is 2. The molecule has 24 heavy (non-hydrogen) atoms. The highest BCUT2D eigenvalue weighted by molar-refractivity contribution is 5.88. The van der Waals surface area contributed by atoms with Crippen molar-refractivity contribution in [3.05, 3.63) is 17.6 Å². The number of aryl methyl sites for hydroxylation is 1. The van der Waals surface area contributed by atoms with E-state index < -0.39 is 0 Å². The largest absolute Gasteiger partial charge is 0.447 e. The minimum Gasteiger partial charge on any atom is -0.447 e. The maximum absolute atomic E-state index is 11.9. The number of methoxy groups -OCH3 is 1. The fourth-order valence-electron chi connectivity index (χ4n) is 3.16. The van der Waals surface area contributed by atoms with Gasteiger partial charge in [0.2, 0.25) is 5.91 Å². The van der Waals surface area contributed by atoms with Crippen molar-refractivity contribution in [2.45, 2.75) is 25.7 Å². The van der Waals surface area contributed by atoms with E-state index >= 15 is 0 Å². The Bertz CT molecular complexity index is 629. The summed E-state index contributed by atoms with van der Waals surface area (Å²) in [5.74, 6) is 1.52. The molecule has 8 heteroatoms. The highest BCUT2D eigenvalue weighted by atomic mass is 16.6. The van der Waals surface area contributed by atoms with Gasteiger partial charge in [0, 0.05) is 37.9 Å². The van der Waals surface area contributed by atoms with Gasteiger partial charge in [-0.25, -0.2) is 14.8 Å². The van der Waals surface area contributed by atoms with Crippen LogP contribution in [0.1, 0.15) is 30.3 Å². The van der Waals surface area contributed by atoms with Crippen LogP contribution in [0.15, 0.2) is 6.07 Å². The molecule has 2 aliphatic heterocycles. The fourth-order valence-corrected chi connectivity index (χ4v) is 3.16. The molecule has 0 saturated carbocycles. The van der Waals surface area contributed by atoms with E-state index in [1.807, 2.05) is 17.9 Å². The van der Waals surface area contributed by atoms with Crippen molar-refractivity contribution in [1.82, 2.24) is 14.9 Å². The predicted octanol–water partition coefficient (Wildman–Crippen LogP) is 1.09. The third-order valence-electron chi connectivity index (χ3n) is 4.42. The van der Waals surface area contributed by atoms with E-state index in [2.05, 4.69) is 9.97 Å². The van der Waals surface area contributed by atoms with Gasteiger partial charge < -0.3 is 14.4 Å². The lowest BCUT2D eigenvalue weighted by Crippen LogP contribution is -2.40. The average Bonchev–Trinajstić information content (AvgIpc) is 3.01. The standard InChI is InChI=1S/C16H22N4O4/c1-11-17-13(9-14(18-11)20-7-8-24-16(20)22)12-3-5-19(6-4-12)15(21)10-23-2/h9,12H,3-8,10H2,1-2H3. The van der Waals surface area contributed by atoms with E-state index in [0.717, 1.165) is 18.5 Å². The van der Waals surface area contributed by atoms with Crippen LogP contribution in [0.5, 0.6) is 0 Å². The molecule has 130 valence electrons. The molecule has 2 fully saturated rings. The van der Waals surface area contributed by atoms with Gasteiger partial charge in [-0.3, -0.25) is 9.69 Å². The second-order valence-electron chi connectivity index (χ2n) is 6.05. The molecule has 8 nitrogen and oxygen atoms in total. The van der Waals surface area contributed by atoms with Crippen LogP contribution < -0.4 is 4.90 Å². The second-order valence-corrected chi connectivity index (χ2v) is 6.05. The normalized spacial score (nSPS) is 18.8. The lowest BCUT2D eigenvalue weighted by atomic mass is 9.93. The summed E-state index contributed by atoms with van der Waals surface area (Å²) in [6, 6.07) is 1.87. The van der Waals surface area contributed by atoms with E-state index in [-0.39, 0.29) is 24.5 Å². The Hall–Kier alpha value is -2.22. The molecule has 2 saturated heterocycles. The topological polar surface area (TPSA) is 84.9 Å². The van der Waals surface area contributed by atoms with Crippen molar-refractivity contribution >= 4 is 17.8 Å². The summed E-state index contributed by atoms with van der Waals surface area (Å²) in [5.41, 5.74) is 0.927. The van der Waals surface area contributed by atoms with Gasteiger partial charge in [-0.05, 0) is 19.8 Å². The van der Waals surface area contributed by atoms with Crippen molar-refractivity contribution in [2.24, 2.45) is 0 Å². The van der Waals surface area contributed by atoms with Crippen molar-refractivity contribution in [1.29, 1.82) is 0 Å². The first kappa shape index (κ1) is 16.6. The van der Waals surface area contributed by atoms with Crippen molar-refractivity contribution in [3.63, 3.8) is 0 Å². The minimum atomic E-state index is -0.362. The molecule has 0 aliphatic carbocycles. The fraction of sp³-hybridized carbons (Fsp3) is 0.625. The number of hydrogen-bond acceptors (Lipinski definition) is 6. The Balaban J connectivity index is 1.70. The van der Waals surface area contributed by atoms with Crippen LogP contribution >= 0.6 is 0 Å². The van der Waals surface area contributed by atoms with Crippen LogP contribution in [-0.2, 0) is 14.3 Å². The van der Waals surface area contributed by atoms with Crippen LogP contribution in [0, 0.1) is 6.92 Å². The molecule has 2 aliphatic rings. The van der Waals surface area contributed by atoms with Gasteiger partial charge in [0.05, 0.1) is 6.54 Å². The van der Waals surface area contributed by atoms with Gasteiger partial charge in [-0.2, -0.15) is 0 Å². The summed E-state index contributed by atoms with van der Waals surface area (Å²) in [6.07, 6.45) is 1.32. The Kier molecular flexibility index (Phi) is 4.94. The Labute approximate surface area is 140 Å². The number of piperidine rings is 1. The molecule has 0 N–H and O–H groups in total. The van der Waals surface area contributed by atoms with Gasteiger partial charge in [0.1, 0.15) is 24.9 Å². The number of rotatable bonds is 4. The van der Waals surface area contributed by atoms with Crippen molar-refractivity contribution in [2.75, 3.05) is 44.9 Å². The Morgan fingerprint density at radius 3 is 2.71 bits per heavy atom. The lowest BCUT2D eigenvalue weighted by molar-refractivity contribution is -0.136. The van der Waals surface area contributed by atoms with Crippen LogP contribution in [-0.4, -0.2) is 66.8 Å². The molecule has 0 aromatic carbocycles. The number of anilines is 1. The summed E-state index contributed by atoms with van der Waals surface area (Å²) in [4.78, 5) is 35.9. The van der Waals surface area contributed by atoms with Gasteiger partial charge in [-0.15, -0.1) is 0 Å². The first-order valence-corrected chi connectivity index (χ1v) is 8.15. The molecular weight excluding hydrogens is 312 g/mol. The molecule has 0 atom stereocenters. The lowest BCUT2D eigenvalue weighted by Gasteiger charge is -2.32. The average molecular weight is 334 g/mol. The van der Waals surface area contributed by atoms with E-state index in [0.29, 0.717) is 37.9 Å². The van der Waals surface area contributed by atoms with Crippen LogP contribution in [0.25, 0.3) is 0 Å². The highest BCUT2D eigenvalue weighted by Crippen LogP contribution is 2.29. The zero-order chi connectivity index (χ0) is 17.1. The maximum Gasteiger partial charge on any atom is 0.415 e. The number of amides is 2.